The summed E-state index contributed by atoms with van der Waals surface area (Å²) in [6, 6.07) is 18.5. The summed E-state index contributed by atoms with van der Waals surface area (Å²) < 4.78 is 17.6. The maximum Gasteiger partial charge on any atom is 0.175 e. The average Bonchev–Trinajstić information content (AvgIpc) is 2.69. The van der Waals surface area contributed by atoms with E-state index in [9.17, 15) is 5.11 Å². The predicted molar refractivity (Wildman–Crippen MR) is 97.9 cm³/mol. The second kappa shape index (κ2) is 9.23. The van der Waals surface area contributed by atoms with Crippen molar-refractivity contribution >= 4 is 0 Å². The highest BCUT2D eigenvalue weighted by atomic mass is 16.7. The Kier molecular flexibility index (Phi) is 6.73. The van der Waals surface area contributed by atoms with Crippen molar-refractivity contribution in [3.05, 3.63) is 71.8 Å². The monoisotopic (exact) mass is 358 g/mol. The van der Waals surface area contributed by atoms with Crippen LogP contribution in [0.4, 0.5) is 0 Å². The van der Waals surface area contributed by atoms with Crippen LogP contribution in [0.25, 0.3) is 0 Å². The molecule has 1 heterocycles. The first kappa shape index (κ1) is 19.0. The second-order valence-corrected chi connectivity index (χ2v) is 6.44. The Morgan fingerprint density at radius 1 is 0.808 bits per heavy atom. The molecule has 3 rings (SSSR count). The van der Waals surface area contributed by atoms with Crippen LogP contribution >= 0.6 is 0 Å². The van der Waals surface area contributed by atoms with Crippen LogP contribution in [0.2, 0.25) is 0 Å². The van der Waals surface area contributed by atoms with Crippen LogP contribution in [0.5, 0.6) is 0 Å². The summed E-state index contributed by atoms with van der Waals surface area (Å²) in [7, 11) is 0. The number of rotatable bonds is 7. The molecule has 0 spiro atoms. The highest BCUT2D eigenvalue weighted by molar-refractivity contribution is 5.14. The van der Waals surface area contributed by atoms with Crippen LogP contribution in [0.15, 0.2) is 60.7 Å². The number of benzene rings is 2. The lowest BCUT2D eigenvalue weighted by molar-refractivity contribution is -0.255. The van der Waals surface area contributed by atoms with E-state index in [1.54, 1.807) is 0 Å². The molecule has 140 valence electrons. The summed E-state index contributed by atoms with van der Waals surface area (Å²) in [6.45, 7) is 0.520. The Hall–Kier alpha value is -1.80. The lowest BCUT2D eigenvalue weighted by Gasteiger charge is -2.43. The third-order valence-corrected chi connectivity index (χ3v) is 4.54. The molecule has 0 aliphatic carbocycles. The van der Waals surface area contributed by atoms with Crippen LogP contribution in [0.1, 0.15) is 11.1 Å². The van der Waals surface area contributed by atoms with Gasteiger partial charge in [-0.05, 0) is 11.1 Å². The molecule has 1 saturated heterocycles. The Morgan fingerprint density at radius 3 is 1.88 bits per heavy atom. The third-order valence-electron chi connectivity index (χ3n) is 4.54. The molecule has 0 bridgehead atoms. The van der Waals surface area contributed by atoms with Gasteiger partial charge >= 0.3 is 0 Å². The fourth-order valence-corrected chi connectivity index (χ4v) is 3.02. The first-order valence-electron chi connectivity index (χ1n) is 8.77. The van der Waals surface area contributed by atoms with Crippen molar-refractivity contribution in [2.45, 2.75) is 43.8 Å². The van der Waals surface area contributed by atoms with Crippen LogP contribution in [0, 0.1) is 0 Å². The van der Waals surface area contributed by atoms with Gasteiger partial charge in [-0.3, -0.25) is 0 Å². The summed E-state index contributed by atoms with van der Waals surface area (Å²) >= 11 is 0. The van der Waals surface area contributed by atoms with Gasteiger partial charge in [0, 0.05) is 0 Å². The van der Waals surface area contributed by atoms with Gasteiger partial charge in [0.05, 0.1) is 31.9 Å². The van der Waals surface area contributed by atoms with E-state index in [0.717, 1.165) is 11.1 Å². The van der Waals surface area contributed by atoms with Gasteiger partial charge in [0.15, 0.2) is 6.29 Å². The fraction of sp³-hybridized carbons (Fsp3) is 0.400. The molecule has 0 amide bonds. The van der Waals surface area contributed by atoms with Crippen molar-refractivity contribution in [3.8, 4) is 0 Å². The van der Waals surface area contributed by atoms with E-state index in [-0.39, 0.29) is 6.61 Å². The van der Waals surface area contributed by atoms with Gasteiger partial charge in [-0.1, -0.05) is 60.7 Å². The minimum atomic E-state index is -0.695. The zero-order valence-corrected chi connectivity index (χ0v) is 14.6. The summed E-state index contributed by atoms with van der Waals surface area (Å²) in [4.78, 5) is 0. The molecule has 0 unspecified atom stereocenters. The van der Waals surface area contributed by atoms with E-state index in [4.69, 9.17) is 25.7 Å². The molecule has 0 saturated carbocycles. The number of hydrogen-bond acceptors (Lipinski definition) is 6. The molecule has 0 radical (unpaired) electrons. The number of ether oxygens (including phenoxy) is 3. The standard InChI is InChI=1S/C20H26N2O4/c21-17-18(22)20(25-13-15-9-5-2-6-10-15)26-16(11-23)19(17)24-12-14-7-3-1-4-8-14/h1-10,16-20,23H,11-13,21-22H2/t16-,17+,18-,19-,20-/m1/s1. The zero-order chi connectivity index (χ0) is 18.4. The van der Waals surface area contributed by atoms with E-state index in [0.29, 0.717) is 13.2 Å². The summed E-state index contributed by atoms with van der Waals surface area (Å²) in [5, 5.41) is 9.71. The third kappa shape index (κ3) is 4.67. The summed E-state index contributed by atoms with van der Waals surface area (Å²) in [5.74, 6) is 0. The largest absolute Gasteiger partial charge is 0.394 e. The van der Waals surface area contributed by atoms with Crippen molar-refractivity contribution in [2.75, 3.05) is 6.61 Å². The quantitative estimate of drug-likeness (QED) is 0.687. The molecule has 26 heavy (non-hydrogen) atoms. The van der Waals surface area contributed by atoms with E-state index in [2.05, 4.69) is 0 Å². The Balaban J connectivity index is 1.59. The van der Waals surface area contributed by atoms with Crippen molar-refractivity contribution in [1.82, 2.24) is 0 Å². The molecule has 0 aromatic heterocycles. The second-order valence-electron chi connectivity index (χ2n) is 6.44. The molecule has 1 aliphatic heterocycles. The predicted octanol–water partition coefficient (Wildman–Crippen LogP) is 1.16. The van der Waals surface area contributed by atoms with Gasteiger partial charge in [0.2, 0.25) is 0 Å². The van der Waals surface area contributed by atoms with Gasteiger partial charge in [-0.15, -0.1) is 0 Å². The molecule has 5 N–H and O–H groups in total. The molecule has 6 heteroatoms. The molecule has 1 aliphatic rings. The van der Waals surface area contributed by atoms with Gasteiger partial charge < -0.3 is 30.8 Å². The Bertz CT molecular complexity index is 653. The van der Waals surface area contributed by atoms with Gasteiger partial charge in [-0.2, -0.15) is 0 Å². The highest BCUT2D eigenvalue weighted by Gasteiger charge is 2.43. The normalized spacial score (nSPS) is 28.8. The summed E-state index contributed by atoms with van der Waals surface area (Å²) in [6.07, 6.45) is -1.79. The van der Waals surface area contributed by atoms with E-state index in [1.165, 1.54) is 0 Å². The number of hydrogen-bond donors (Lipinski definition) is 3. The number of nitrogens with two attached hydrogens (primary N) is 2. The first-order valence-corrected chi connectivity index (χ1v) is 8.77. The van der Waals surface area contributed by atoms with Crippen molar-refractivity contribution in [1.29, 1.82) is 0 Å². The molecule has 6 nitrogen and oxygen atoms in total. The first-order chi connectivity index (χ1) is 12.7. The Morgan fingerprint density at radius 2 is 1.35 bits per heavy atom. The topological polar surface area (TPSA) is 100.0 Å². The number of aliphatic hydroxyl groups excluding tert-OH is 1. The highest BCUT2D eigenvalue weighted by Crippen LogP contribution is 2.23. The number of aliphatic hydroxyl groups is 1. The zero-order valence-electron chi connectivity index (χ0n) is 14.6. The van der Waals surface area contributed by atoms with Crippen LogP contribution < -0.4 is 11.5 Å². The van der Waals surface area contributed by atoms with E-state index in [1.807, 2.05) is 60.7 Å². The minimum absolute atomic E-state index is 0.217. The lowest BCUT2D eigenvalue weighted by atomic mass is 9.95. The van der Waals surface area contributed by atoms with Crippen LogP contribution in [-0.4, -0.2) is 42.3 Å². The van der Waals surface area contributed by atoms with E-state index >= 15 is 0 Å². The van der Waals surface area contributed by atoms with Crippen molar-refractivity contribution < 1.29 is 19.3 Å². The van der Waals surface area contributed by atoms with Crippen LogP contribution in [0.3, 0.4) is 0 Å². The van der Waals surface area contributed by atoms with Gasteiger partial charge in [0.1, 0.15) is 12.2 Å². The summed E-state index contributed by atoms with van der Waals surface area (Å²) in [5.41, 5.74) is 14.6. The van der Waals surface area contributed by atoms with Crippen LogP contribution in [-0.2, 0) is 27.4 Å². The molecule has 1 fully saturated rings. The molecular formula is C20H26N2O4. The maximum absolute atomic E-state index is 9.71. The SMILES string of the molecule is N[C@H]1[C@H](OCc2ccccc2)O[C@H](CO)[C@@H](OCc2ccccc2)[C@H]1N. The Labute approximate surface area is 153 Å². The molecular weight excluding hydrogens is 332 g/mol. The minimum Gasteiger partial charge on any atom is -0.394 e. The smallest absolute Gasteiger partial charge is 0.175 e. The fourth-order valence-electron chi connectivity index (χ4n) is 3.02. The average molecular weight is 358 g/mol. The van der Waals surface area contributed by atoms with E-state index < -0.39 is 30.6 Å². The maximum atomic E-state index is 9.71. The van der Waals surface area contributed by atoms with Crippen molar-refractivity contribution in [2.24, 2.45) is 11.5 Å². The van der Waals surface area contributed by atoms with Gasteiger partial charge in [0.25, 0.3) is 0 Å². The lowest BCUT2D eigenvalue weighted by Crippen LogP contribution is -2.66. The molecule has 5 atom stereocenters. The molecule has 2 aromatic rings. The molecule has 2 aromatic carbocycles. The van der Waals surface area contributed by atoms with Gasteiger partial charge in [-0.25, -0.2) is 0 Å². The van der Waals surface area contributed by atoms with Crippen molar-refractivity contribution in [3.63, 3.8) is 0 Å².